The molecule has 0 saturated heterocycles. The fourth-order valence-electron chi connectivity index (χ4n) is 3.18. The van der Waals surface area contributed by atoms with Gasteiger partial charge in [-0.3, -0.25) is 9.69 Å². The summed E-state index contributed by atoms with van der Waals surface area (Å²) in [5.41, 5.74) is 2.10. The molecular formula is C22H27N3O2S. The number of hydrogen-bond acceptors (Lipinski definition) is 5. The number of carbonyl (C=O) groups excluding carboxylic acids is 1. The third-order valence-electron chi connectivity index (χ3n) is 4.61. The predicted molar refractivity (Wildman–Crippen MR) is 115 cm³/mol. The van der Waals surface area contributed by atoms with Gasteiger partial charge in [0, 0.05) is 0 Å². The van der Waals surface area contributed by atoms with Gasteiger partial charge in [0.05, 0.1) is 36.5 Å². The zero-order valence-corrected chi connectivity index (χ0v) is 17.6. The topological polar surface area (TPSA) is 54.5 Å². The van der Waals surface area contributed by atoms with Crippen molar-refractivity contribution >= 4 is 27.5 Å². The number of hydrogen-bond donors (Lipinski definition) is 1. The second kappa shape index (κ2) is 9.17. The molecule has 0 bridgehead atoms. The number of thiazole rings is 1. The minimum atomic E-state index is -0.0331. The van der Waals surface area contributed by atoms with Gasteiger partial charge in [-0.2, -0.15) is 0 Å². The van der Waals surface area contributed by atoms with E-state index in [4.69, 9.17) is 4.74 Å². The van der Waals surface area contributed by atoms with E-state index in [1.54, 1.807) is 18.4 Å². The van der Waals surface area contributed by atoms with E-state index >= 15 is 0 Å². The Morgan fingerprint density at radius 3 is 2.54 bits per heavy atom. The summed E-state index contributed by atoms with van der Waals surface area (Å²) in [4.78, 5) is 19.3. The Morgan fingerprint density at radius 2 is 1.89 bits per heavy atom. The first kappa shape index (κ1) is 20.3. The van der Waals surface area contributed by atoms with Crippen LogP contribution in [0.4, 0.5) is 0 Å². The molecule has 148 valence electrons. The van der Waals surface area contributed by atoms with E-state index in [0.29, 0.717) is 13.1 Å². The highest BCUT2D eigenvalue weighted by atomic mass is 32.1. The van der Waals surface area contributed by atoms with Gasteiger partial charge in [-0.05, 0) is 42.8 Å². The van der Waals surface area contributed by atoms with Gasteiger partial charge in [-0.25, -0.2) is 4.98 Å². The summed E-state index contributed by atoms with van der Waals surface area (Å²) >= 11 is 1.68. The SMILES string of the molecule is COc1ccc(C(NC(=O)CN(C)Cc2nc3ccccc3s2)C(C)C)cc1. The van der Waals surface area contributed by atoms with Crippen LogP contribution in [0, 0.1) is 5.92 Å². The molecule has 5 nitrogen and oxygen atoms in total. The van der Waals surface area contributed by atoms with Gasteiger partial charge in [0.25, 0.3) is 0 Å². The molecule has 0 aliphatic carbocycles. The van der Waals surface area contributed by atoms with E-state index in [9.17, 15) is 4.79 Å². The maximum Gasteiger partial charge on any atom is 0.234 e. The van der Waals surface area contributed by atoms with Crippen LogP contribution in [-0.2, 0) is 11.3 Å². The Bertz CT molecular complexity index is 888. The normalized spacial score (nSPS) is 12.5. The van der Waals surface area contributed by atoms with Crippen LogP contribution in [0.25, 0.3) is 10.2 Å². The monoisotopic (exact) mass is 397 g/mol. The van der Waals surface area contributed by atoms with Crippen molar-refractivity contribution < 1.29 is 9.53 Å². The quantitative estimate of drug-likeness (QED) is 0.617. The molecule has 1 heterocycles. The summed E-state index contributed by atoms with van der Waals surface area (Å²) in [7, 11) is 3.60. The van der Waals surface area contributed by atoms with Crippen LogP contribution in [0.1, 0.15) is 30.5 Å². The molecule has 0 saturated carbocycles. The zero-order valence-electron chi connectivity index (χ0n) is 16.8. The first-order valence-electron chi connectivity index (χ1n) is 9.42. The number of para-hydroxylation sites is 1. The Labute approximate surface area is 170 Å². The lowest BCUT2D eigenvalue weighted by Crippen LogP contribution is -2.38. The average Bonchev–Trinajstić information content (AvgIpc) is 3.08. The minimum Gasteiger partial charge on any atom is -0.497 e. The summed E-state index contributed by atoms with van der Waals surface area (Å²) in [5, 5.41) is 4.20. The number of rotatable bonds is 8. The summed E-state index contributed by atoms with van der Waals surface area (Å²) < 4.78 is 6.40. The third kappa shape index (κ3) is 5.09. The third-order valence-corrected chi connectivity index (χ3v) is 5.64. The van der Waals surface area contributed by atoms with Crippen molar-refractivity contribution in [2.24, 2.45) is 5.92 Å². The standard InChI is InChI=1S/C22H27N3O2S/c1-15(2)22(16-9-11-17(27-4)12-10-16)24-20(26)13-25(3)14-21-23-18-7-5-6-8-19(18)28-21/h5-12,15,22H,13-14H2,1-4H3,(H,24,26). The predicted octanol–water partition coefficient (Wildman–Crippen LogP) is 4.25. The Morgan fingerprint density at radius 1 is 1.18 bits per heavy atom. The summed E-state index contributed by atoms with van der Waals surface area (Å²) in [6.07, 6.45) is 0. The first-order valence-corrected chi connectivity index (χ1v) is 10.2. The van der Waals surface area contributed by atoms with E-state index in [1.165, 1.54) is 4.70 Å². The number of nitrogens with zero attached hydrogens (tertiary/aromatic N) is 2. The number of carbonyl (C=O) groups is 1. The van der Waals surface area contributed by atoms with E-state index in [1.807, 2.05) is 54.4 Å². The first-order chi connectivity index (χ1) is 13.5. The van der Waals surface area contributed by atoms with Crippen LogP contribution in [-0.4, -0.2) is 36.5 Å². The molecule has 0 aliphatic heterocycles. The van der Waals surface area contributed by atoms with E-state index in [2.05, 4.69) is 30.2 Å². The molecule has 0 radical (unpaired) electrons. The molecule has 0 spiro atoms. The van der Waals surface area contributed by atoms with Crippen molar-refractivity contribution in [1.29, 1.82) is 0 Å². The number of nitrogens with one attached hydrogen (secondary N) is 1. The molecule has 0 fully saturated rings. The fraction of sp³-hybridized carbons (Fsp3) is 0.364. The molecule has 3 aromatic rings. The van der Waals surface area contributed by atoms with Gasteiger partial charge >= 0.3 is 0 Å². The Balaban J connectivity index is 1.60. The average molecular weight is 398 g/mol. The molecule has 1 aromatic heterocycles. The molecule has 1 unspecified atom stereocenters. The maximum atomic E-state index is 12.6. The van der Waals surface area contributed by atoms with Crippen molar-refractivity contribution in [3.05, 3.63) is 59.1 Å². The Kier molecular flexibility index (Phi) is 6.65. The van der Waals surface area contributed by atoms with Crippen molar-refractivity contribution in [2.75, 3.05) is 20.7 Å². The number of amides is 1. The lowest BCUT2D eigenvalue weighted by molar-refractivity contribution is -0.123. The van der Waals surface area contributed by atoms with Crippen molar-refractivity contribution in [3.8, 4) is 5.75 Å². The van der Waals surface area contributed by atoms with Gasteiger partial charge in [-0.1, -0.05) is 38.1 Å². The minimum absolute atomic E-state index is 0.0122. The lowest BCUT2D eigenvalue weighted by Gasteiger charge is -2.24. The lowest BCUT2D eigenvalue weighted by atomic mass is 9.96. The van der Waals surface area contributed by atoms with Crippen LogP contribution in [0.15, 0.2) is 48.5 Å². The highest BCUT2D eigenvalue weighted by Crippen LogP contribution is 2.24. The maximum absolute atomic E-state index is 12.6. The molecule has 1 amide bonds. The summed E-state index contributed by atoms with van der Waals surface area (Å²) in [6, 6.07) is 15.9. The highest BCUT2D eigenvalue weighted by Gasteiger charge is 2.19. The van der Waals surface area contributed by atoms with Crippen LogP contribution in [0.3, 0.4) is 0 Å². The number of benzene rings is 2. The molecule has 0 aliphatic rings. The van der Waals surface area contributed by atoms with Gasteiger partial charge in [0.2, 0.25) is 5.91 Å². The second-order valence-electron chi connectivity index (χ2n) is 7.31. The van der Waals surface area contributed by atoms with Gasteiger partial charge < -0.3 is 10.1 Å². The van der Waals surface area contributed by atoms with Crippen molar-refractivity contribution in [3.63, 3.8) is 0 Å². The van der Waals surface area contributed by atoms with E-state index < -0.39 is 0 Å². The van der Waals surface area contributed by atoms with Crippen LogP contribution in [0.5, 0.6) is 5.75 Å². The number of ether oxygens (including phenoxy) is 1. The Hall–Kier alpha value is -2.44. The van der Waals surface area contributed by atoms with Gasteiger partial charge in [-0.15, -0.1) is 11.3 Å². The van der Waals surface area contributed by atoms with Crippen molar-refractivity contribution in [1.82, 2.24) is 15.2 Å². The smallest absolute Gasteiger partial charge is 0.234 e. The number of likely N-dealkylation sites (N-methyl/N-ethyl adjacent to an activating group) is 1. The largest absolute Gasteiger partial charge is 0.497 e. The van der Waals surface area contributed by atoms with Gasteiger partial charge in [0.15, 0.2) is 0 Å². The highest BCUT2D eigenvalue weighted by molar-refractivity contribution is 7.18. The van der Waals surface area contributed by atoms with E-state index in [0.717, 1.165) is 21.8 Å². The number of methoxy groups -OCH3 is 1. The van der Waals surface area contributed by atoms with Crippen LogP contribution < -0.4 is 10.1 Å². The molecule has 6 heteroatoms. The van der Waals surface area contributed by atoms with Gasteiger partial charge in [0.1, 0.15) is 10.8 Å². The zero-order chi connectivity index (χ0) is 20.1. The number of fused-ring (bicyclic) bond motifs is 1. The molecular weight excluding hydrogens is 370 g/mol. The molecule has 1 atom stereocenters. The molecule has 28 heavy (non-hydrogen) atoms. The number of aromatic nitrogens is 1. The van der Waals surface area contributed by atoms with Crippen LogP contribution >= 0.6 is 11.3 Å². The second-order valence-corrected chi connectivity index (χ2v) is 8.43. The fourth-order valence-corrected chi connectivity index (χ4v) is 4.23. The molecule has 1 N–H and O–H groups in total. The van der Waals surface area contributed by atoms with Crippen LogP contribution in [0.2, 0.25) is 0 Å². The molecule has 2 aromatic carbocycles. The molecule has 3 rings (SSSR count). The van der Waals surface area contributed by atoms with E-state index in [-0.39, 0.29) is 17.9 Å². The summed E-state index contributed by atoms with van der Waals surface area (Å²) in [5.74, 6) is 1.11. The van der Waals surface area contributed by atoms with Crippen molar-refractivity contribution in [2.45, 2.75) is 26.4 Å². The summed E-state index contributed by atoms with van der Waals surface area (Å²) in [6.45, 7) is 5.21.